The second-order valence-electron chi connectivity index (χ2n) is 23.8. The number of carbonyl (C=O) groups excluding carboxylic acids is 8. The molecule has 0 aliphatic carbocycles. The molecule has 0 spiro atoms. The first-order chi connectivity index (χ1) is 50.3. The highest BCUT2D eigenvalue weighted by Crippen LogP contribution is 2.44. The molecule has 3 aromatic heterocycles. The van der Waals surface area contributed by atoms with Gasteiger partial charge in [0.1, 0.15) is 36.9 Å². The maximum atomic E-state index is 16.6. The van der Waals surface area contributed by atoms with Crippen molar-refractivity contribution in [1.82, 2.24) is 19.9 Å². The molecule has 554 valence electrons. The number of hydrogen-bond acceptors (Lipinski definition) is 22. The van der Waals surface area contributed by atoms with E-state index in [2.05, 4.69) is 9.97 Å². The van der Waals surface area contributed by atoms with Crippen molar-refractivity contribution in [1.29, 1.82) is 0 Å². The minimum absolute atomic E-state index is 0.0632. The van der Waals surface area contributed by atoms with Gasteiger partial charge in [0, 0.05) is 99.7 Å². The highest BCUT2D eigenvalue weighted by atomic mass is 19.2. The van der Waals surface area contributed by atoms with Crippen LogP contribution in [0.15, 0.2) is 72.8 Å². The molecule has 8 bridgehead atoms. The predicted octanol–water partition coefficient (Wildman–Crippen LogP) is 11.6. The standard InChI is InChI=1S/C72H56F10N4O20/c1-27(87)95-25-47-65(97-29(3)89)67(99-31(5)91)69(101-33(7)93)71(105-47)103-37-13-9-35(10-14-37)49-39-17-21-43(83-39)51(53-55(73)59(77)63(81)60(78)56(53)74)45-23-19-41(85-45)50(42-20-24-46(86-42)52(44-22-18-40(49)84-44)54-57(75)61(79)64(82)62(80)58(54)76)36-11-15-38(16-12-36)104-72-70(102-34(8)94)68(100-32(6)92)66(98-30(4)90)48(106-72)26-96-28(2)88/h9-24,47-48,65-72,83,86H,25-26H2,1-8H3/t47-,48-,65-,66-,67+,68+,69-,70-,71-,72-/m1/s1. The van der Waals surface area contributed by atoms with Crippen LogP contribution in [0.25, 0.3) is 90.9 Å². The third-order valence-corrected chi connectivity index (χ3v) is 16.4. The number of rotatable bonds is 18. The van der Waals surface area contributed by atoms with Gasteiger partial charge in [-0.15, -0.1) is 0 Å². The average molecular weight is 1490 g/mol. The Bertz CT molecular complexity index is 4640. The summed E-state index contributed by atoms with van der Waals surface area (Å²) in [5, 5.41) is 0. The van der Waals surface area contributed by atoms with E-state index in [4.69, 9.17) is 66.8 Å². The number of H-pyrrole nitrogens is 2. The molecular weight excluding hydrogens is 1430 g/mol. The number of nitrogens with zero attached hydrogens (tertiary/aromatic N) is 2. The molecule has 7 aromatic rings. The van der Waals surface area contributed by atoms with Gasteiger partial charge in [-0.05, 0) is 84.0 Å². The van der Waals surface area contributed by atoms with Gasteiger partial charge in [-0.3, -0.25) is 38.4 Å². The van der Waals surface area contributed by atoms with Crippen molar-refractivity contribution in [2.45, 2.75) is 117 Å². The van der Waals surface area contributed by atoms with E-state index in [-0.39, 0.29) is 56.2 Å². The molecule has 11 rings (SSSR count). The molecule has 4 aliphatic heterocycles. The number of ether oxygens (including phenoxy) is 12. The molecule has 0 saturated carbocycles. The first kappa shape index (κ1) is 75.2. The zero-order valence-electron chi connectivity index (χ0n) is 56.3. The van der Waals surface area contributed by atoms with E-state index in [1.165, 1.54) is 72.8 Å². The summed E-state index contributed by atoms with van der Waals surface area (Å²) in [5.41, 5.74) is -7.09. The van der Waals surface area contributed by atoms with E-state index >= 15 is 35.1 Å². The monoisotopic (exact) mass is 1490 g/mol. The second-order valence-corrected chi connectivity index (χ2v) is 23.8. The number of halogens is 10. The SMILES string of the molecule is CC(=O)OC[C@H]1O[C@@H](Oc2ccc(-c3c4nc(c(-c5c(F)c(F)c(F)c(F)c5F)c5ccc([nH]5)c(-c5ccc(O[C@@H]6O[C@H](COC(C)=O)[C@@H](OC(C)=O)[C@H](OC(C)=O)[C@H]6OC(C)=O)cc5)c5nc(c(-c6c(F)c(F)c(F)c(F)c6F)c6ccc3[nH]6)C=C5)C=C4)cc2)[C@H](OC(C)=O)[C@@H](OC(C)=O)[C@@H]1OC(C)=O. The summed E-state index contributed by atoms with van der Waals surface area (Å²) in [6, 6.07) is 15.2. The third kappa shape index (κ3) is 15.5. The molecular formula is C72H56F10N4O20. The van der Waals surface area contributed by atoms with Crippen LogP contribution < -0.4 is 9.47 Å². The topological polar surface area (TPSA) is 305 Å². The van der Waals surface area contributed by atoms with E-state index in [9.17, 15) is 47.1 Å². The molecule has 4 aliphatic rings. The predicted molar refractivity (Wildman–Crippen MR) is 345 cm³/mol. The summed E-state index contributed by atoms with van der Waals surface area (Å²) in [4.78, 5) is 115. The number of hydrogen-bond donors (Lipinski definition) is 2. The number of carbonyl (C=O) groups is 8. The second kappa shape index (κ2) is 30.8. The zero-order chi connectivity index (χ0) is 76.6. The summed E-state index contributed by atoms with van der Waals surface area (Å²) in [7, 11) is 0. The van der Waals surface area contributed by atoms with Gasteiger partial charge in [0.15, 0.2) is 71.0 Å². The first-order valence-corrected chi connectivity index (χ1v) is 31.6. The molecule has 0 unspecified atom stereocenters. The molecule has 24 nitrogen and oxygen atoms in total. The van der Waals surface area contributed by atoms with Crippen molar-refractivity contribution in [3.63, 3.8) is 0 Å². The number of nitrogens with one attached hydrogen (secondary N) is 2. The van der Waals surface area contributed by atoms with E-state index in [0.717, 1.165) is 79.7 Å². The summed E-state index contributed by atoms with van der Waals surface area (Å²) in [6.07, 6.45) is -11.7. The molecule has 2 N–H and O–H groups in total. The van der Waals surface area contributed by atoms with Crippen molar-refractivity contribution in [2.24, 2.45) is 0 Å². The van der Waals surface area contributed by atoms with Crippen LogP contribution in [0.4, 0.5) is 43.9 Å². The van der Waals surface area contributed by atoms with E-state index < -0.39 is 225 Å². The van der Waals surface area contributed by atoms with Crippen molar-refractivity contribution < 1.29 is 139 Å². The van der Waals surface area contributed by atoms with Crippen LogP contribution in [0.2, 0.25) is 0 Å². The van der Waals surface area contributed by atoms with Gasteiger partial charge in [-0.2, -0.15) is 0 Å². The van der Waals surface area contributed by atoms with Crippen molar-refractivity contribution in [3.05, 3.63) is 154 Å². The maximum absolute atomic E-state index is 16.6. The van der Waals surface area contributed by atoms with Crippen molar-refractivity contribution >= 4 is 94.1 Å². The van der Waals surface area contributed by atoms with Gasteiger partial charge >= 0.3 is 47.8 Å². The molecule has 4 aromatic carbocycles. The van der Waals surface area contributed by atoms with Crippen molar-refractivity contribution in [2.75, 3.05) is 13.2 Å². The van der Waals surface area contributed by atoms with Crippen LogP contribution in [-0.4, -0.2) is 142 Å². The van der Waals surface area contributed by atoms with Gasteiger partial charge in [0.25, 0.3) is 0 Å². The molecule has 106 heavy (non-hydrogen) atoms. The molecule has 10 atom stereocenters. The number of aromatic amines is 2. The number of esters is 8. The average Bonchev–Trinajstić information content (AvgIpc) is 1.55. The number of benzene rings is 4. The molecule has 0 amide bonds. The Kier molecular flexibility index (Phi) is 21.8. The van der Waals surface area contributed by atoms with Crippen LogP contribution >= 0.6 is 0 Å². The van der Waals surface area contributed by atoms with Gasteiger partial charge < -0.3 is 66.8 Å². The van der Waals surface area contributed by atoms with Crippen LogP contribution in [0.3, 0.4) is 0 Å². The lowest BCUT2D eigenvalue weighted by molar-refractivity contribution is -0.288. The zero-order valence-corrected chi connectivity index (χ0v) is 56.3. The Labute approximate surface area is 591 Å². The summed E-state index contributed by atoms with van der Waals surface area (Å²) < 4.78 is 227. The van der Waals surface area contributed by atoms with E-state index in [1.807, 2.05) is 0 Å². The van der Waals surface area contributed by atoms with Gasteiger partial charge in [0.05, 0.1) is 33.9 Å². The van der Waals surface area contributed by atoms with Crippen molar-refractivity contribution in [3.8, 4) is 56.0 Å². The Morgan fingerprint density at radius 1 is 0.321 bits per heavy atom. The first-order valence-electron chi connectivity index (χ1n) is 31.6. The lowest BCUT2D eigenvalue weighted by Crippen LogP contribution is -2.63. The fourth-order valence-corrected chi connectivity index (χ4v) is 12.2. The Morgan fingerprint density at radius 2 is 0.575 bits per heavy atom. The van der Waals surface area contributed by atoms with Crippen LogP contribution in [-0.2, 0) is 85.7 Å². The lowest BCUT2D eigenvalue weighted by atomic mass is 9.98. The minimum Gasteiger partial charge on any atom is -0.463 e. The Hall–Kier alpha value is -11.9. The Morgan fingerprint density at radius 3 is 0.858 bits per heavy atom. The lowest BCUT2D eigenvalue weighted by Gasteiger charge is -2.43. The quantitative estimate of drug-likeness (QED) is 0.0265. The highest BCUT2D eigenvalue weighted by molar-refractivity contribution is 6.00. The number of aromatic nitrogens is 4. The molecule has 0 radical (unpaired) electrons. The maximum Gasteiger partial charge on any atom is 0.303 e. The fraction of sp³-hybridized carbons (Fsp3) is 0.278. The van der Waals surface area contributed by atoms with Crippen LogP contribution in [0.1, 0.15) is 78.2 Å². The molecule has 34 heteroatoms. The highest BCUT2D eigenvalue weighted by Gasteiger charge is 2.55. The fourth-order valence-electron chi connectivity index (χ4n) is 12.2. The summed E-state index contributed by atoms with van der Waals surface area (Å²) >= 11 is 0. The summed E-state index contributed by atoms with van der Waals surface area (Å²) in [6.45, 7) is 6.83. The van der Waals surface area contributed by atoms with E-state index in [1.54, 1.807) is 0 Å². The van der Waals surface area contributed by atoms with Gasteiger partial charge in [0.2, 0.25) is 36.4 Å². The van der Waals surface area contributed by atoms with Gasteiger partial charge in [-0.1, -0.05) is 24.3 Å². The van der Waals surface area contributed by atoms with Crippen LogP contribution in [0, 0.1) is 58.2 Å². The number of fused-ring (bicyclic) bond motifs is 8. The van der Waals surface area contributed by atoms with Crippen LogP contribution in [0.5, 0.6) is 11.5 Å². The normalized spacial score (nSPS) is 20.2. The minimum atomic E-state index is -2.52. The largest absolute Gasteiger partial charge is 0.463 e. The molecule has 7 heterocycles. The molecule has 2 fully saturated rings. The van der Waals surface area contributed by atoms with E-state index in [0.29, 0.717) is 0 Å². The summed E-state index contributed by atoms with van der Waals surface area (Å²) in [5.74, 6) is -31.4. The third-order valence-electron chi connectivity index (χ3n) is 16.4. The molecule has 2 saturated heterocycles. The van der Waals surface area contributed by atoms with Gasteiger partial charge in [-0.25, -0.2) is 53.9 Å². The smallest absolute Gasteiger partial charge is 0.303 e. The Balaban J connectivity index is 1.13.